The molecule has 0 aromatic heterocycles. The standard InChI is InChI=1S/C18H20N2O/c1-2-5-15-6-3-4-7-17(15)20-13-18(21)16-10-8-14(12-19)9-11-16/h3-4,6-11,18,20-21H,2,5,13H2,1H3. The average Bonchev–Trinajstić information content (AvgIpc) is 2.54. The molecule has 2 N–H and O–H groups in total. The van der Waals surface area contributed by atoms with Crippen LogP contribution < -0.4 is 5.32 Å². The van der Waals surface area contributed by atoms with Gasteiger partial charge in [-0.1, -0.05) is 43.7 Å². The highest BCUT2D eigenvalue weighted by molar-refractivity contribution is 5.51. The molecule has 21 heavy (non-hydrogen) atoms. The molecular weight excluding hydrogens is 260 g/mol. The molecule has 3 heteroatoms. The van der Waals surface area contributed by atoms with Crippen LogP contribution in [0.2, 0.25) is 0 Å². The van der Waals surface area contributed by atoms with Crippen molar-refractivity contribution in [2.24, 2.45) is 0 Å². The average molecular weight is 280 g/mol. The van der Waals surface area contributed by atoms with Crippen molar-refractivity contribution >= 4 is 5.69 Å². The lowest BCUT2D eigenvalue weighted by Gasteiger charge is -2.15. The van der Waals surface area contributed by atoms with E-state index < -0.39 is 6.10 Å². The van der Waals surface area contributed by atoms with Crippen molar-refractivity contribution < 1.29 is 5.11 Å². The summed E-state index contributed by atoms with van der Waals surface area (Å²) in [5.74, 6) is 0. The Hall–Kier alpha value is -2.31. The van der Waals surface area contributed by atoms with Crippen LogP contribution in [0.15, 0.2) is 48.5 Å². The van der Waals surface area contributed by atoms with Gasteiger partial charge in [0.05, 0.1) is 17.7 Å². The van der Waals surface area contributed by atoms with Gasteiger partial charge in [0.1, 0.15) is 0 Å². The maximum absolute atomic E-state index is 10.2. The molecule has 3 nitrogen and oxygen atoms in total. The maximum Gasteiger partial charge on any atom is 0.0991 e. The van der Waals surface area contributed by atoms with E-state index in [0.717, 1.165) is 24.1 Å². The fraction of sp³-hybridized carbons (Fsp3) is 0.278. The quantitative estimate of drug-likeness (QED) is 0.849. The van der Waals surface area contributed by atoms with Gasteiger partial charge in [0.25, 0.3) is 0 Å². The van der Waals surface area contributed by atoms with Crippen LogP contribution >= 0.6 is 0 Å². The van der Waals surface area contributed by atoms with Gasteiger partial charge in [-0.05, 0) is 35.7 Å². The van der Waals surface area contributed by atoms with E-state index in [4.69, 9.17) is 5.26 Å². The molecule has 0 saturated heterocycles. The van der Waals surface area contributed by atoms with Crippen molar-refractivity contribution in [3.63, 3.8) is 0 Å². The van der Waals surface area contributed by atoms with Gasteiger partial charge in [0, 0.05) is 12.2 Å². The van der Waals surface area contributed by atoms with Crippen LogP contribution in [0.25, 0.3) is 0 Å². The molecule has 108 valence electrons. The minimum absolute atomic E-state index is 0.451. The van der Waals surface area contributed by atoms with Crippen molar-refractivity contribution in [1.82, 2.24) is 0 Å². The molecule has 2 aromatic carbocycles. The van der Waals surface area contributed by atoms with E-state index in [1.54, 1.807) is 24.3 Å². The molecule has 0 aliphatic heterocycles. The summed E-state index contributed by atoms with van der Waals surface area (Å²) < 4.78 is 0. The highest BCUT2D eigenvalue weighted by Crippen LogP contribution is 2.19. The van der Waals surface area contributed by atoms with Gasteiger partial charge in [-0.15, -0.1) is 0 Å². The predicted molar refractivity (Wildman–Crippen MR) is 85.0 cm³/mol. The summed E-state index contributed by atoms with van der Waals surface area (Å²) in [6, 6.07) is 17.3. The molecule has 1 atom stereocenters. The van der Waals surface area contributed by atoms with E-state index in [0.29, 0.717) is 12.1 Å². The van der Waals surface area contributed by atoms with Crippen molar-refractivity contribution in [2.75, 3.05) is 11.9 Å². The number of nitrogens with one attached hydrogen (secondary N) is 1. The van der Waals surface area contributed by atoms with Gasteiger partial charge in [0.2, 0.25) is 0 Å². The molecule has 0 amide bonds. The zero-order valence-corrected chi connectivity index (χ0v) is 12.2. The summed E-state index contributed by atoms with van der Waals surface area (Å²) in [6.45, 7) is 2.61. The highest BCUT2D eigenvalue weighted by atomic mass is 16.3. The van der Waals surface area contributed by atoms with Gasteiger partial charge in [-0.25, -0.2) is 0 Å². The number of nitrogens with zero attached hydrogens (tertiary/aromatic N) is 1. The third-order valence-corrected chi connectivity index (χ3v) is 3.45. The summed E-state index contributed by atoms with van der Waals surface area (Å²) in [6.07, 6.45) is 1.53. The van der Waals surface area contributed by atoms with Crippen LogP contribution in [0.1, 0.15) is 36.1 Å². The van der Waals surface area contributed by atoms with E-state index >= 15 is 0 Å². The number of hydrogen-bond acceptors (Lipinski definition) is 3. The first-order valence-corrected chi connectivity index (χ1v) is 7.24. The lowest BCUT2D eigenvalue weighted by molar-refractivity contribution is 0.191. The minimum Gasteiger partial charge on any atom is -0.387 e. The molecule has 0 heterocycles. The van der Waals surface area contributed by atoms with Gasteiger partial charge in [0.15, 0.2) is 0 Å². The van der Waals surface area contributed by atoms with Crippen molar-refractivity contribution in [1.29, 1.82) is 5.26 Å². The molecule has 0 saturated carbocycles. The van der Waals surface area contributed by atoms with E-state index in [1.807, 2.05) is 18.2 Å². The van der Waals surface area contributed by atoms with E-state index in [9.17, 15) is 5.11 Å². The molecule has 0 aliphatic rings. The van der Waals surface area contributed by atoms with E-state index in [1.165, 1.54) is 5.56 Å². The molecule has 0 bridgehead atoms. The third kappa shape index (κ3) is 4.08. The first-order chi connectivity index (χ1) is 10.2. The second-order valence-electron chi connectivity index (χ2n) is 5.04. The van der Waals surface area contributed by atoms with Gasteiger partial charge >= 0.3 is 0 Å². The first-order valence-electron chi connectivity index (χ1n) is 7.24. The lowest BCUT2D eigenvalue weighted by Crippen LogP contribution is -2.13. The third-order valence-electron chi connectivity index (χ3n) is 3.45. The van der Waals surface area contributed by atoms with Crippen LogP contribution in [-0.2, 0) is 6.42 Å². The number of anilines is 1. The van der Waals surface area contributed by atoms with Crippen LogP contribution in [-0.4, -0.2) is 11.7 Å². The van der Waals surface area contributed by atoms with E-state index in [2.05, 4.69) is 24.4 Å². The Kier molecular flexibility index (Phi) is 5.36. The molecule has 1 unspecified atom stereocenters. The van der Waals surface area contributed by atoms with Crippen LogP contribution in [0, 0.1) is 11.3 Å². The maximum atomic E-state index is 10.2. The smallest absolute Gasteiger partial charge is 0.0991 e. The molecule has 0 radical (unpaired) electrons. The first kappa shape index (κ1) is 15.1. The Balaban J connectivity index is 2.00. The fourth-order valence-electron chi connectivity index (χ4n) is 2.28. The predicted octanol–water partition coefficient (Wildman–Crippen LogP) is 3.66. The topological polar surface area (TPSA) is 56.0 Å². The Morgan fingerprint density at radius 1 is 1.14 bits per heavy atom. The number of para-hydroxylation sites is 1. The second kappa shape index (κ2) is 7.47. The van der Waals surface area contributed by atoms with Crippen molar-refractivity contribution in [2.45, 2.75) is 25.9 Å². The molecule has 0 spiro atoms. The fourth-order valence-corrected chi connectivity index (χ4v) is 2.28. The summed E-state index contributed by atoms with van der Waals surface area (Å²) in [5, 5.41) is 22.3. The zero-order valence-electron chi connectivity index (χ0n) is 12.2. The summed E-state index contributed by atoms with van der Waals surface area (Å²) >= 11 is 0. The van der Waals surface area contributed by atoms with Gasteiger partial charge in [-0.3, -0.25) is 0 Å². The number of nitriles is 1. The minimum atomic E-state index is -0.590. The summed E-state index contributed by atoms with van der Waals surface area (Å²) in [4.78, 5) is 0. The van der Waals surface area contributed by atoms with E-state index in [-0.39, 0.29) is 0 Å². The molecular formula is C18H20N2O. The van der Waals surface area contributed by atoms with Crippen LogP contribution in [0.3, 0.4) is 0 Å². The SMILES string of the molecule is CCCc1ccccc1NCC(O)c1ccc(C#N)cc1. The van der Waals surface area contributed by atoms with Crippen LogP contribution in [0.4, 0.5) is 5.69 Å². The molecule has 0 fully saturated rings. The largest absolute Gasteiger partial charge is 0.387 e. The van der Waals surface area contributed by atoms with Crippen LogP contribution in [0.5, 0.6) is 0 Å². The number of hydrogen-bond donors (Lipinski definition) is 2. The molecule has 2 rings (SSSR count). The summed E-state index contributed by atoms with van der Waals surface area (Å²) in [7, 11) is 0. The number of aliphatic hydroxyl groups excluding tert-OH is 1. The van der Waals surface area contributed by atoms with Crippen molar-refractivity contribution in [3.05, 3.63) is 65.2 Å². The Morgan fingerprint density at radius 3 is 2.52 bits per heavy atom. The molecule has 0 aliphatic carbocycles. The molecule has 2 aromatic rings. The Labute approximate surface area is 125 Å². The normalized spacial score (nSPS) is 11.7. The number of aryl methyl sites for hydroxylation is 1. The number of aliphatic hydroxyl groups is 1. The Bertz CT molecular complexity index is 614. The number of rotatable bonds is 6. The lowest BCUT2D eigenvalue weighted by atomic mass is 10.1. The second-order valence-corrected chi connectivity index (χ2v) is 5.04. The highest BCUT2D eigenvalue weighted by Gasteiger charge is 2.08. The number of benzene rings is 2. The summed E-state index contributed by atoms with van der Waals surface area (Å²) in [5.41, 5.74) is 3.76. The zero-order chi connectivity index (χ0) is 15.1. The monoisotopic (exact) mass is 280 g/mol. The Morgan fingerprint density at radius 2 is 1.86 bits per heavy atom. The van der Waals surface area contributed by atoms with Gasteiger partial charge < -0.3 is 10.4 Å². The van der Waals surface area contributed by atoms with Crippen molar-refractivity contribution in [3.8, 4) is 6.07 Å². The van der Waals surface area contributed by atoms with Gasteiger partial charge in [-0.2, -0.15) is 5.26 Å².